The molecule has 19 heavy (non-hydrogen) atoms. The lowest BCUT2D eigenvalue weighted by molar-refractivity contribution is -0.141. The number of nitrogens with one attached hydrogen (secondary N) is 1. The van der Waals surface area contributed by atoms with E-state index < -0.39 is 10.0 Å². The fraction of sp³-hybridized carbons (Fsp3) is 0.583. The molecule has 0 saturated carbocycles. The summed E-state index contributed by atoms with van der Waals surface area (Å²) in [5, 5.41) is 0. The van der Waals surface area contributed by atoms with Gasteiger partial charge < -0.3 is 9.72 Å². The molecule has 1 saturated heterocycles. The van der Waals surface area contributed by atoms with Gasteiger partial charge in [0.15, 0.2) is 0 Å². The standard InChI is InChI=1S/C12H18N2O4S/c1-18-12(15)8-10-4-2-3-7-14(10)19(16,17)11-5-6-13-9-11/h5-6,9-10,13H,2-4,7-8H2,1H3. The largest absolute Gasteiger partial charge is 0.469 e. The van der Waals surface area contributed by atoms with Gasteiger partial charge in [0.05, 0.1) is 18.4 Å². The molecule has 7 heteroatoms. The number of carbonyl (C=O) groups excluding carboxylic acids is 1. The molecule has 0 aromatic carbocycles. The second-order valence-corrected chi connectivity index (χ2v) is 6.48. The first-order valence-corrected chi connectivity index (χ1v) is 7.71. The molecule has 0 aliphatic carbocycles. The van der Waals surface area contributed by atoms with E-state index in [2.05, 4.69) is 9.72 Å². The van der Waals surface area contributed by atoms with Gasteiger partial charge in [-0.1, -0.05) is 6.42 Å². The number of hydrogen-bond acceptors (Lipinski definition) is 4. The normalized spacial score (nSPS) is 21.2. The maximum atomic E-state index is 12.5. The molecule has 1 aliphatic rings. The minimum absolute atomic E-state index is 0.111. The first-order valence-electron chi connectivity index (χ1n) is 6.27. The second-order valence-electron chi connectivity index (χ2n) is 4.59. The van der Waals surface area contributed by atoms with Crippen LogP contribution in [0.2, 0.25) is 0 Å². The Morgan fingerprint density at radius 3 is 2.95 bits per heavy atom. The fourth-order valence-electron chi connectivity index (χ4n) is 2.37. The zero-order valence-electron chi connectivity index (χ0n) is 10.8. The third-order valence-corrected chi connectivity index (χ3v) is 5.33. The van der Waals surface area contributed by atoms with Crippen molar-refractivity contribution < 1.29 is 17.9 Å². The highest BCUT2D eigenvalue weighted by molar-refractivity contribution is 7.89. The molecule has 0 bridgehead atoms. The Morgan fingerprint density at radius 2 is 2.32 bits per heavy atom. The number of aromatic amines is 1. The Kier molecular flexibility index (Phi) is 4.26. The SMILES string of the molecule is COC(=O)CC1CCCCN1S(=O)(=O)c1cc[nH]c1. The molecule has 2 heterocycles. The summed E-state index contributed by atoms with van der Waals surface area (Å²) in [6, 6.07) is 1.22. The average Bonchev–Trinajstić information content (AvgIpc) is 2.93. The summed E-state index contributed by atoms with van der Waals surface area (Å²) in [5.41, 5.74) is 0. The number of hydrogen-bond donors (Lipinski definition) is 1. The van der Waals surface area contributed by atoms with E-state index in [1.165, 1.54) is 23.7 Å². The highest BCUT2D eigenvalue weighted by Gasteiger charge is 2.34. The molecule has 6 nitrogen and oxygen atoms in total. The lowest BCUT2D eigenvalue weighted by Crippen LogP contribution is -2.44. The molecule has 2 rings (SSSR count). The Labute approximate surface area is 112 Å². The summed E-state index contributed by atoms with van der Waals surface area (Å²) in [6.45, 7) is 0.454. The lowest BCUT2D eigenvalue weighted by Gasteiger charge is -2.33. The summed E-state index contributed by atoms with van der Waals surface area (Å²) in [5.74, 6) is -0.374. The molecule has 106 valence electrons. The van der Waals surface area contributed by atoms with Crippen LogP contribution in [0, 0.1) is 0 Å². The predicted molar refractivity (Wildman–Crippen MR) is 69.0 cm³/mol. The highest BCUT2D eigenvalue weighted by Crippen LogP contribution is 2.27. The van der Waals surface area contributed by atoms with Crippen LogP contribution in [0.3, 0.4) is 0 Å². The van der Waals surface area contributed by atoms with Gasteiger partial charge in [0.2, 0.25) is 10.0 Å². The minimum atomic E-state index is -3.53. The van der Waals surface area contributed by atoms with Crippen LogP contribution in [0.5, 0.6) is 0 Å². The lowest BCUT2D eigenvalue weighted by atomic mass is 10.0. The smallest absolute Gasteiger partial charge is 0.307 e. The Bertz CT molecular complexity index is 524. The van der Waals surface area contributed by atoms with E-state index in [9.17, 15) is 13.2 Å². The van der Waals surface area contributed by atoms with Crippen LogP contribution in [0.25, 0.3) is 0 Å². The summed E-state index contributed by atoms with van der Waals surface area (Å²) in [4.78, 5) is 14.4. The Morgan fingerprint density at radius 1 is 1.53 bits per heavy atom. The van der Waals surface area contributed by atoms with Crippen LogP contribution < -0.4 is 0 Å². The van der Waals surface area contributed by atoms with E-state index in [1.54, 1.807) is 6.20 Å². The number of piperidine rings is 1. The van der Waals surface area contributed by atoms with Crippen LogP contribution in [0.1, 0.15) is 25.7 Å². The van der Waals surface area contributed by atoms with Crippen molar-refractivity contribution in [3.05, 3.63) is 18.5 Å². The zero-order valence-corrected chi connectivity index (χ0v) is 11.6. The van der Waals surface area contributed by atoms with E-state index in [0.29, 0.717) is 13.0 Å². The number of methoxy groups -OCH3 is 1. The molecule has 1 N–H and O–H groups in total. The van der Waals surface area contributed by atoms with Crippen LogP contribution in [-0.2, 0) is 19.6 Å². The third kappa shape index (κ3) is 2.98. The third-order valence-electron chi connectivity index (χ3n) is 3.38. The zero-order chi connectivity index (χ0) is 13.9. The average molecular weight is 286 g/mol. The van der Waals surface area contributed by atoms with Crippen molar-refractivity contribution in [3.8, 4) is 0 Å². The number of esters is 1. The van der Waals surface area contributed by atoms with Gasteiger partial charge in [0.25, 0.3) is 0 Å². The number of carbonyl (C=O) groups is 1. The van der Waals surface area contributed by atoms with Crippen molar-refractivity contribution in [3.63, 3.8) is 0 Å². The number of aromatic nitrogens is 1. The van der Waals surface area contributed by atoms with Crippen molar-refractivity contribution in [1.82, 2.24) is 9.29 Å². The monoisotopic (exact) mass is 286 g/mol. The summed E-state index contributed by atoms with van der Waals surface area (Å²) in [7, 11) is -2.21. The van der Waals surface area contributed by atoms with Crippen LogP contribution >= 0.6 is 0 Å². The molecular formula is C12H18N2O4S. The first-order chi connectivity index (χ1) is 9.05. The predicted octanol–water partition coefficient (Wildman–Crippen LogP) is 1.12. The molecule has 0 radical (unpaired) electrons. The summed E-state index contributed by atoms with van der Waals surface area (Å²) >= 11 is 0. The van der Waals surface area contributed by atoms with Gasteiger partial charge in [-0.25, -0.2) is 8.42 Å². The molecule has 1 fully saturated rings. The van der Waals surface area contributed by atoms with Crippen molar-refractivity contribution >= 4 is 16.0 Å². The maximum Gasteiger partial charge on any atom is 0.307 e. The van der Waals surface area contributed by atoms with E-state index in [0.717, 1.165) is 12.8 Å². The van der Waals surface area contributed by atoms with Crippen molar-refractivity contribution in [2.45, 2.75) is 36.6 Å². The quantitative estimate of drug-likeness (QED) is 0.841. The number of rotatable bonds is 4. The van der Waals surface area contributed by atoms with Gasteiger partial charge in [-0.3, -0.25) is 4.79 Å². The molecule has 0 amide bonds. The van der Waals surface area contributed by atoms with E-state index in [-0.39, 0.29) is 23.3 Å². The topological polar surface area (TPSA) is 79.5 Å². The maximum absolute atomic E-state index is 12.5. The highest BCUT2D eigenvalue weighted by atomic mass is 32.2. The molecule has 1 aromatic heterocycles. The minimum Gasteiger partial charge on any atom is -0.469 e. The van der Waals surface area contributed by atoms with Crippen molar-refractivity contribution in [1.29, 1.82) is 0 Å². The Hall–Kier alpha value is -1.34. The van der Waals surface area contributed by atoms with Gasteiger partial charge in [0, 0.05) is 25.0 Å². The van der Waals surface area contributed by atoms with Gasteiger partial charge in [-0.15, -0.1) is 0 Å². The molecular weight excluding hydrogens is 268 g/mol. The molecule has 1 atom stereocenters. The summed E-state index contributed by atoms with van der Waals surface area (Å²) in [6.07, 6.45) is 5.59. The first kappa shape index (κ1) is 14.1. The van der Waals surface area contributed by atoms with E-state index in [1.807, 2.05) is 0 Å². The van der Waals surface area contributed by atoms with Gasteiger partial charge >= 0.3 is 5.97 Å². The van der Waals surface area contributed by atoms with E-state index >= 15 is 0 Å². The van der Waals surface area contributed by atoms with Crippen LogP contribution in [-0.4, -0.2) is 43.4 Å². The van der Waals surface area contributed by atoms with Crippen molar-refractivity contribution in [2.75, 3.05) is 13.7 Å². The van der Waals surface area contributed by atoms with Crippen LogP contribution in [0.15, 0.2) is 23.4 Å². The van der Waals surface area contributed by atoms with Gasteiger partial charge in [0.1, 0.15) is 0 Å². The molecule has 0 spiro atoms. The van der Waals surface area contributed by atoms with Gasteiger partial charge in [-0.05, 0) is 18.9 Å². The Balaban J connectivity index is 2.22. The second kappa shape index (κ2) is 5.75. The van der Waals surface area contributed by atoms with Gasteiger partial charge in [-0.2, -0.15) is 4.31 Å². The van der Waals surface area contributed by atoms with Crippen LogP contribution in [0.4, 0.5) is 0 Å². The molecule has 1 unspecified atom stereocenters. The molecule has 1 aromatic rings. The number of ether oxygens (including phenoxy) is 1. The molecule has 1 aliphatic heterocycles. The number of sulfonamides is 1. The number of H-pyrrole nitrogens is 1. The fourth-order valence-corrected chi connectivity index (χ4v) is 4.04. The summed E-state index contributed by atoms with van der Waals surface area (Å²) < 4.78 is 31.0. The number of nitrogens with zero attached hydrogens (tertiary/aromatic N) is 1. The van der Waals surface area contributed by atoms with Crippen molar-refractivity contribution in [2.24, 2.45) is 0 Å². The van der Waals surface area contributed by atoms with E-state index in [4.69, 9.17) is 0 Å².